The predicted octanol–water partition coefficient (Wildman–Crippen LogP) is 4.21. The van der Waals surface area contributed by atoms with E-state index in [0.29, 0.717) is 17.3 Å². The molecule has 0 bridgehead atoms. The van der Waals surface area contributed by atoms with Gasteiger partial charge in [-0.05, 0) is 69.7 Å². The smallest absolute Gasteiger partial charge is 0.338 e. The minimum absolute atomic E-state index is 0.306. The van der Waals surface area contributed by atoms with Crippen LogP contribution in [0.1, 0.15) is 54.0 Å². The molecule has 0 saturated carbocycles. The molecular weight excluding hydrogens is 384 g/mol. The van der Waals surface area contributed by atoms with Crippen molar-refractivity contribution >= 4 is 29.5 Å². The fourth-order valence-electron chi connectivity index (χ4n) is 2.96. The number of benzene rings is 1. The number of thiocarbonyl (C=S) groups is 1. The van der Waals surface area contributed by atoms with Crippen molar-refractivity contribution in [2.24, 2.45) is 5.10 Å². The van der Waals surface area contributed by atoms with Crippen LogP contribution >= 0.6 is 12.2 Å². The molecule has 7 heteroatoms. The maximum atomic E-state index is 11.9. The maximum Gasteiger partial charge on any atom is 0.338 e. The Labute approximate surface area is 178 Å². The first kappa shape index (κ1) is 22.6. The van der Waals surface area contributed by atoms with Crippen molar-refractivity contribution in [1.82, 2.24) is 14.9 Å². The van der Waals surface area contributed by atoms with Crippen molar-refractivity contribution in [2.45, 2.75) is 40.5 Å². The molecule has 2 rings (SSSR count). The van der Waals surface area contributed by atoms with Crippen molar-refractivity contribution in [3.63, 3.8) is 0 Å². The van der Waals surface area contributed by atoms with Gasteiger partial charge in [0.05, 0.1) is 18.4 Å². The van der Waals surface area contributed by atoms with Crippen LogP contribution in [0, 0.1) is 13.8 Å². The number of nitrogens with zero attached hydrogens (tertiary/aromatic N) is 3. The molecule has 6 nitrogen and oxygen atoms in total. The second kappa shape index (κ2) is 10.8. The van der Waals surface area contributed by atoms with Crippen LogP contribution in [0.3, 0.4) is 0 Å². The number of hydrazone groups is 1. The molecule has 1 aromatic carbocycles. The summed E-state index contributed by atoms with van der Waals surface area (Å²) in [6, 6.07) is 9.50. The van der Waals surface area contributed by atoms with Gasteiger partial charge in [0.25, 0.3) is 0 Å². The largest absolute Gasteiger partial charge is 0.462 e. The molecule has 0 fully saturated rings. The molecule has 1 heterocycles. The number of ether oxygens (including phenoxy) is 1. The van der Waals surface area contributed by atoms with Gasteiger partial charge in [-0.2, -0.15) is 5.10 Å². The third-order valence-electron chi connectivity index (χ3n) is 4.58. The van der Waals surface area contributed by atoms with E-state index in [1.165, 1.54) is 0 Å². The van der Waals surface area contributed by atoms with Gasteiger partial charge in [-0.3, -0.25) is 0 Å². The second-order valence-corrected chi connectivity index (χ2v) is 7.17. The van der Waals surface area contributed by atoms with Gasteiger partial charge in [0, 0.05) is 36.2 Å². The molecule has 0 amide bonds. The number of aromatic nitrogens is 1. The van der Waals surface area contributed by atoms with E-state index >= 15 is 0 Å². The van der Waals surface area contributed by atoms with Gasteiger partial charge >= 0.3 is 5.97 Å². The summed E-state index contributed by atoms with van der Waals surface area (Å²) in [6.07, 6.45) is 4.02. The van der Waals surface area contributed by atoms with Crippen LogP contribution in [0.25, 0.3) is 5.69 Å². The molecule has 156 valence electrons. The fraction of sp³-hybridized carbons (Fsp3) is 0.409. The molecule has 1 aromatic heterocycles. The molecule has 0 unspecified atom stereocenters. The number of rotatable bonds is 8. The summed E-state index contributed by atoms with van der Waals surface area (Å²) in [5, 5.41) is 9.95. The summed E-state index contributed by atoms with van der Waals surface area (Å²) in [7, 11) is 1.84. The van der Waals surface area contributed by atoms with E-state index in [2.05, 4.69) is 28.0 Å². The standard InChI is InChI=1S/C22H30N4O2S/c1-6-8-13-23-22(29)25(5)24-15-19-14-16(3)26(17(19)4)20-11-9-18(10-12-20)21(27)28-7-2/h9-12,14-15H,6-8,13H2,1-5H3,(H,23,29)/b24-15-. The molecule has 1 N–H and O–H groups in total. The van der Waals surface area contributed by atoms with Crippen molar-refractivity contribution in [3.05, 3.63) is 52.8 Å². The van der Waals surface area contributed by atoms with Crippen molar-refractivity contribution in [1.29, 1.82) is 0 Å². The molecule has 29 heavy (non-hydrogen) atoms. The van der Waals surface area contributed by atoms with Crippen LogP contribution < -0.4 is 5.32 Å². The number of esters is 1. The number of aryl methyl sites for hydroxylation is 1. The lowest BCUT2D eigenvalue weighted by molar-refractivity contribution is 0.0526. The van der Waals surface area contributed by atoms with E-state index in [4.69, 9.17) is 17.0 Å². The quantitative estimate of drug-likeness (QED) is 0.231. The molecule has 0 aliphatic heterocycles. The Morgan fingerprint density at radius 2 is 1.97 bits per heavy atom. The zero-order chi connectivity index (χ0) is 21.4. The van der Waals surface area contributed by atoms with Gasteiger partial charge in [0.1, 0.15) is 0 Å². The summed E-state index contributed by atoms with van der Waals surface area (Å²) < 4.78 is 7.18. The Hall–Kier alpha value is -2.67. The lowest BCUT2D eigenvalue weighted by atomic mass is 10.2. The highest BCUT2D eigenvalue weighted by molar-refractivity contribution is 7.80. The molecule has 0 atom stereocenters. The lowest BCUT2D eigenvalue weighted by Crippen LogP contribution is -2.34. The highest BCUT2D eigenvalue weighted by Crippen LogP contribution is 2.20. The summed E-state index contributed by atoms with van der Waals surface area (Å²) in [5.74, 6) is -0.306. The molecule has 0 aliphatic carbocycles. The second-order valence-electron chi connectivity index (χ2n) is 6.78. The van der Waals surface area contributed by atoms with Crippen LogP contribution in [-0.2, 0) is 4.74 Å². The highest BCUT2D eigenvalue weighted by atomic mass is 32.1. The average molecular weight is 415 g/mol. The number of hydrogen-bond donors (Lipinski definition) is 1. The average Bonchev–Trinajstić information content (AvgIpc) is 2.99. The van der Waals surface area contributed by atoms with Gasteiger partial charge in [-0.1, -0.05) is 13.3 Å². The maximum absolute atomic E-state index is 11.9. The number of carbonyl (C=O) groups is 1. The number of carbonyl (C=O) groups excluding carboxylic acids is 1. The highest BCUT2D eigenvalue weighted by Gasteiger charge is 2.12. The summed E-state index contributed by atoms with van der Waals surface area (Å²) in [4.78, 5) is 11.9. The van der Waals surface area contributed by atoms with Gasteiger partial charge in [0.15, 0.2) is 5.11 Å². The van der Waals surface area contributed by atoms with E-state index in [0.717, 1.165) is 42.0 Å². The molecule has 0 aliphatic rings. The van der Waals surface area contributed by atoms with Gasteiger partial charge < -0.3 is 14.6 Å². The molecule has 0 radical (unpaired) electrons. The minimum atomic E-state index is -0.306. The van der Waals surface area contributed by atoms with E-state index < -0.39 is 0 Å². The Balaban J connectivity index is 2.15. The first-order valence-corrected chi connectivity index (χ1v) is 10.3. The topological polar surface area (TPSA) is 58.9 Å². The Kier molecular flexibility index (Phi) is 8.39. The van der Waals surface area contributed by atoms with Gasteiger partial charge in [-0.15, -0.1) is 0 Å². The summed E-state index contributed by atoms with van der Waals surface area (Å²) >= 11 is 5.36. The van der Waals surface area contributed by atoms with Gasteiger partial charge in [0.2, 0.25) is 0 Å². The number of nitrogens with one attached hydrogen (secondary N) is 1. The molecule has 2 aromatic rings. The van der Waals surface area contributed by atoms with E-state index in [1.807, 2.05) is 39.2 Å². The van der Waals surface area contributed by atoms with Crippen molar-refractivity contribution < 1.29 is 9.53 Å². The Morgan fingerprint density at radius 3 is 2.59 bits per heavy atom. The van der Waals surface area contributed by atoms with E-state index in [9.17, 15) is 4.79 Å². The third kappa shape index (κ3) is 5.90. The first-order valence-electron chi connectivity index (χ1n) is 9.91. The monoisotopic (exact) mass is 414 g/mol. The zero-order valence-electron chi connectivity index (χ0n) is 17.9. The summed E-state index contributed by atoms with van der Waals surface area (Å²) in [6.45, 7) is 9.26. The fourth-order valence-corrected chi connectivity index (χ4v) is 3.11. The van der Waals surface area contributed by atoms with Crippen molar-refractivity contribution in [2.75, 3.05) is 20.2 Å². The minimum Gasteiger partial charge on any atom is -0.462 e. The molecular formula is C22H30N4O2S. The molecule has 0 saturated heterocycles. The number of hydrogen-bond acceptors (Lipinski definition) is 4. The normalized spacial score (nSPS) is 10.9. The first-order chi connectivity index (χ1) is 13.9. The predicted molar refractivity (Wildman–Crippen MR) is 122 cm³/mol. The lowest BCUT2D eigenvalue weighted by Gasteiger charge is -2.15. The third-order valence-corrected chi connectivity index (χ3v) is 4.99. The summed E-state index contributed by atoms with van der Waals surface area (Å²) in [5.41, 5.74) is 4.69. The van der Waals surface area contributed by atoms with Crippen LogP contribution in [-0.4, -0.2) is 47.1 Å². The van der Waals surface area contributed by atoms with Gasteiger partial charge in [-0.25, -0.2) is 9.80 Å². The van der Waals surface area contributed by atoms with E-state index in [-0.39, 0.29) is 5.97 Å². The van der Waals surface area contributed by atoms with Crippen LogP contribution in [0.15, 0.2) is 35.4 Å². The van der Waals surface area contributed by atoms with Crippen LogP contribution in [0.2, 0.25) is 0 Å². The van der Waals surface area contributed by atoms with Crippen molar-refractivity contribution in [3.8, 4) is 5.69 Å². The van der Waals surface area contributed by atoms with E-state index in [1.54, 1.807) is 24.1 Å². The Bertz CT molecular complexity index is 872. The number of unbranched alkanes of at least 4 members (excludes halogenated alkanes) is 1. The molecule has 0 spiro atoms. The SMILES string of the molecule is CCCCNC(=S)N(C)/N=C\c1cc(C)n(-c2ccc(C(=O)OCC)cc2)c1C. The Morgan fingerprint density at radius 1 is 1.28 bits per heavy atom. The van der Waals surface area contributed by atoms with Crippen LogP contribution in [0.5, 0.6) is 0 Å². The van der Waals surface area contributed by atoms with Crippen LogP contribution in [0.4, 0.5) is 0 Å². The zero-order valence-corrected chi connectivity index (χ0v) is 18.7.